The molecule has 0 bridgehead atoms. The third kappa shape index (κ3) is 2.17. The number of hydrazone groups is 1. The molecule has 0 spiro atoms. The summed E-state index contributed by atoms with van der Waals surface area (Å²) in [5.41, 5.74) is 0.698. The van der Waals surface area contributed by atoms with Crippen LogP contribution in [0.5, 0.6) is 0 Å². The van der Waals surface area contributed by atoms with E-state index < -0.39 is 0 Å². The van der Waals surface area contributed by atoms with E-state index in [0.717, 1.165) is 0 Å². The van der Waals surface area contributed by atoms with Gasteiger partial charge in [0.1, 0.15) is 6.42 Å². The van der Waals surface area contributed by atoms with Gasteiger partial charge >= 0.3 is 0 Å². The number of hydrogen-bond acceptors (Lipinski definition) is 3. The van der Waals surface area contributed by atoms with E-state index in [-0.39, 0.29) is 12.3 Å². The smallest absolute Gasteiger partial charge is 0.256 e. The summed E-state index contributed by atoms with van der Waals surface area (Å²) in [5, 5.41) is 6.06. The number of anilines is 1. The molecule has 0 radical (unpaired) electrons. The molecule has 1 aliphatic heterocycles. The van der Waals surface area contributed by atoms with Gasteiger partial charge in [0.2, 0.25) is 5.90 Å². The highest BCUT2D eigenvalue weighted by atomic mass is 35.5. The van der Waals surface area contributed by atoms with Crippen molar-refractivity contribution in [2.45, 2.75) is 13.3 Å². The summed E-state index contributed by atoms with van der Waals surface area (Å²) in [6.45, 7) is 2.37. The second kappa shape index (κ2) is 4.53. The Balaban J connectivity index is 2.21. The quantitative estimate of drug-likeness (QED) is 0.794. The highest BCUT2D eigenvalue weighted by Gasteiger charge is 2.25. The molecule has 1 aromatic rings. The van der Waals surface area contributed by atoms with E-state index >= 15 is 0 Å². The normalized spacial score (nSPS) is 15.2. The maximum atomic E-state index is 11.6. The van der Waals surface area contributed by atoms with Gasteiger partial charge in [-0.05, 0) is 31.2 Å². The number of carbonyl (C=O) groups excluding carboxylic acids is 1. The predicted octanol–water partition coefficient (Wildman–Crippen LogP) is 2.43. The average molecular weight is 239 g/mol. The SMILES string of the molecule is CCOC1=NN(c2ccc(Cl)cc2)C(=O)C1. The van der Waals surface area contributed by atoms with Gasteiger partial charge in [0.05, 0.1) is 12.3 Å². The van der Waals surface area contributed by atoms with Crippen LogP contribution in [-0.2, 0) is 9.53 Å². The number of rotatable bonds is 2. The zero-order valence-electron chi connectivity index (χ0n) is 8.81. The molecule has 84 valence electrons. The Morgan fingerprint density at radius 3 is 2.75 bits per heavy atom. The lowest BCUT2D eigenvalue weighted by Gasteiger charge is -2.10. The summed E-state index contributed by atoms with van der Waals surface area (Å²) in [6.07, 6.45) is 0.219. The van der Waals surface area contributed by atoms with Gasteiger partial charge in [-0.15, -0.1) is 5.10 Å². The van der Waals surface area contributed by atoms with Crippen LogP contribution in [0.2, 0.25) is 5.02 Å². The summed E-state index contributed by atoms with van der Waals surface area (Å²) in [5.74, 6) is 0.369. The number of nitrogens with zero attached hydrogens (tertiary/aromatic N) is 2. The number of ether oxygens (including phenoxy) is 1. The van der Waals surface area contributed by atoms with Crippen LogP contribution >= 0.6 is 11.6 Å². The van der Waals surface area contributed by atoms with Crippen LogP contribution in [0.4, 0.5) is 5.69 Å². The molecule has 2 rings (SSSR count). The molecule has 1 heterocycles. The zero-order chi connectivity index (χ0) is 11.5. The van der Waals surface area contributed by atoms with Crippen LogP contribution in [-0.4, -0.2) is 18.4 Å². The van der Waals surface area contributed by atoms with Crippen molar-refractivity contribution in [3.63, 3.8) is 0 Å². The summed E-state index contributed by atoms with van der Waals surface area (Å²) in [6, 6.07) is 6.94. The van der Waals surface area contributed by atoms with Gasteiger partial charge in [0.15, 0.2) is 0 Å². The van der Waals surface area contributed by atoms with E-state index in [1.807, 2.05) is 6.92 Å². The molecule has 0 unspecified atom stereocenters. The second-order valence-electron chi connectivity index (χ2n) is 3.29. The summed E-state index contributed by atoms with van der Waals surface area (Å²) < 4.78 is 5.21. The van der Waals surface area contributed by atoms with Crippen LogP contribution in [0.15, 0.2) is 29.4 Å². The van der Waals surface area contributed by atoms with Crippen molar-refractivity contribution in [1.82, 2.24) is 0 Å². The standard InChI is InChI=1S/C11H11ClN2O2/c1-2-16-10-7-11(15)14(13-10)9-5-3-8(12)4-6-9/h3-6H,2,7H2,1H3. The minimum absolute atomic E-state index is 0.0919. The number of halogens is 1. The molecule has 1 aliphatic rings. The molecule has 5 heteroatoms. The van der Waals surface area contributed by atoms with Crippen molar-refractivity contribution in [2.75, 3.05) is 11.6 Å². The van der Waals surface area contributed by atoms with Crippen molar-refractivity contribution in [2.24, 2.45) is 5.10 Å². The molecule has 4 nitrogen and oxygen atoms in total. The predicted molar refractivity (Wildman–Crippen MR) is 62.6 cm³/mol. The van der Waals surface area contributed by atoms with Crippen LogP contribution < -0.4 is 5.01 Å². The Kier molecular flexibility index (Phi) is 3.10. The molecule has 0 atom stereocenters. The fourth-order valence-electron chi connectivity index (χ4n) is 1.44. The molecule has 1 amide bonds. The third-order valence-electron chi connectivity index (χ3n) is 2.13. The minimum Gasteiger partial charge on any atom is -0.480 e. The Bertz CT molecular complexity index is 428. The first kappa shape index (κ1) is 11.0. The second-order valence-corrected chi connectivity index (χ2v) is 3.72. The fourth-order valence-corrected chi connectivity index (χ4v) is 1.56. The molecular formula is C11H11ClN2O2. The van der Waals surface area contributed by atoms with Crippen LogP contribution in [0.1, 0.15) is 13.3 Å². The highest BCUT2D eigenvalue weighted by molar-refractivity contribution is 6.30. The first-order chi connectivity index (χ1) is 7.70. The van der Waals surface area contributed by atoms with Gasteiger partial charge in [-0.25, -0.2) is 0 Å². The van der Waals surface area contributed by atoms with Gasteiger partial charge < -0.3 is 4.74 Å². The summed E-state index contributed by atoms with van der Waals surface area (Å²) >= 11 is 5.77. The third-order valence-corrected chi connectivity index (χ3v) is 2.38. The molecule has 1 aromatic carbocycles. The number of carbonyl (C=O) groups is 1. The first-order valence-corrected chi connectivity index (χ1v) is 5.37. The molecule has 0 N–H and O–H groups in total. The molecular weight excluding hydrogens is 228 g/mol. The Labute approximate surface area is 98.5 Å². The van der Waals surface area contributed by atoms with Crippen molar-refractivity contribution >= 4 is 29.1 Å². The van der Waals surface area contributed by atoms with Crippen molar-refractivity contribution in [3.8, 4) is 0 Å². The highest BCUT2D eigenvalue weighted by Crippen LogP contribution is 2.22. The van der Waals surface area contributed by atoms with Gasteiger partial charge in [-0.1, -0.05) is 11.6 Å². The maximum Gasteiger partial charge on any atom is 0.256 e. The summed E-state index contributed by atoms with van der Waals surface area (Å²) in [4.78, 5) is 11.6. The topological polar surface area (TPSA) is 41.9 Å². The number of hydrogen-bond donors (Lipinski definition) is 0. The summed E-state index contributed by atoms with van der Waals surface area (Å²) in [7, 11) is 0. The average Bonchev–Trinajstić information content (AvgIpc) is 2.61. The van der Waals surface area contributed by atoms with E-state index in [2.05, 4.69) is 5.10 Å². The van der Waals surface area contributed by atoms with E-state index in [1.165, 1.54) is 5.01 Å². The largest absolute Gasteiger partial charge is 0.480 e. The lowest BCUT2D eigenvalue weighted by Crippen LogP contribution is -2.19. The monoisotopic (exact) mass is 238 g/mol. The van der Waals surface area contributed by atoms with Crippen LogP contribution in [0, 0.1) is 0 Å². The van der Waals surface area contributed by atoms with Crippen molar-refractivity contribution < 1.29 is 9.53 Å². The molecule has 0 aromatic heterocycles. The maximum absolute atomic E-state index is 11.6. The molecule has 0 aliphatic carbocycles. The van der Waals surface area contributed by atoms with Gasteiger partial charge in [0, 0.05) is 5.02 Å². The van der Waals surface area contributed by atoms with Crippen LogP contribution in [0.25, 0.3) is 0 Å². The molecule has 0 fully saturated rings. The van der Waals surface area contributed by atoms with Crippen LogP contribution in [0.3, 0.4) is 0 Å². The van der Waals surface area contributed by atoms with E-state index in [1.54, 1.807) is 24.3 Å². The van der Waals surface area contributed by atoms with Gasteiger partial charge in [-0.3, -0.25) is 4.79 Å². The van der Waals surface area contributed by atoms with Crippen molar-refractivity contribution in [3.05, 3.63) is 29.3 Å². The van der Waals surface area contributed by atoms with E-state index in [4.69, 9.17) is 16.3 Å². The minimum atomic E-state index is -0.0919. The van der Waals surface area contributed by atoms with Gasteiger partial charge in [0.25, 0.3) is 5.91 Å². The molecule has 0 saturated carbocycles. The number of amides is 1. The number of benzene rings is 1. The Morgan fingerprint density at radius 1 is 1.44 bits per heavy atom. The molecule has 16 heavy (non-hydrogen) atoms. The Morgan fingerprint density at radius 2 is 2.12 bits per heavy atom. The zero-order valence-corrected chi connectivity index (χ0v) is 9.57. The van der Waals surface area contributed by atoms with Crippen molar-refractivity contribution in [1.29, 1.82) is 0 Å². The van der Waals surface area contributed by atoms with E-state index in [9.17, 15) is 4.79 Å². The van der Waals surface area contributed by atoms with Gasteiger partial charge in [-0.2, -0.15) is 5.01 Å². The Hall–Kier alpha value is -1.55. The fraction of sp³-hybridized carbons (Fsp3) is 0.273. The van der Waals surface area contributed by atoms with E-state index in [0.29, 0.717) is 23.2 Å². The molecule has 0 saturated heterocycles. The lowest BCUT2D eigenvalue weighted by molar-refractivity contribution is -0.117. The lowest BCUT2D eigenvalue weighted by atomic mass is 10.3. The first-order valence-electron chi connectivity index (χ1n) is 4.99.